The Morgan fingerprint density at radius 1 is 1.53 bits per heavy atom. The Morgan fingerprint density at radius 2 is 2.32 bits per heavy atom. The molecule has 1 saturated heterocycles. The highest BCUT2D eigenvalue weighted by molar-refractivity contribution is 5.09. The van der Waals surface area contributed by atoms with Gasteiger partial charge >= 0.3 is 0 Å². The number of aliphatic hydroxyl groups excluding tert-OH is 1. The second kappa shape index (κ2) is 6.44. The fraction of sp³-hybridized carbons (Fsp3) is 0.667. The molecule has 0 aliphatic carbocycles. The second-order valence-corrected chi connectivity index (χ2v) is 5.56. The van der Waals surface area contributed by atoms with E-state index in [1.807, 2.05) is 6.92 Å². The largest absolute Gasteiger partial charge is 0.386 e. The van der Waals surface area contributed by atoms with Gasteiger partial charge in [0.15, 0.2) is 0 Å². The monoisotopic (exact) mass is 266 g/mol. The van der Waals surface area contributed by atoms with E-state index in [0.29, 0.717) is 11.7 Å². The van der Waals surface area contributed by atoms with Crippen molar-refractivity contribution in [3.63, 3.8) is 0 Å². The fourth-order valence-corrected chi connectivity index (χ4v) is 2.86. The van der Waals surface area contributed by atoms with Crippen molar-refractivity contribution in [3.05, 3.63) is 29.8 Å². The van der Waals surface area contributed by atoms with E-state index in [9.17, 15) is 9.50 Å². The van der Waals surface area contributed by atoms with Gasteiger partial charge in [0.05, 0.1) is 18.0 Å². The van der Waals surface area contributed by atoms with Crippen molar-refractivity contribution in [3.8, 4) is 0 Å². The average Bonchev–Trinajstić information content (AvgIpc) is 2.46. The number of piperidine rings is 1. The van der Waals surface area contributed by atoms with Crippen molar-refractivity contribution in [1.29, 1.82) is 0 Å². The predicted molar refractivity (Wildman–Crippen MR) is 73.1 cm³/mol. The summed E-state index contributed by atoms with van der Waals surface area (Å²) in [4.78, 5) is 3.98. The van der Waals surface area contributed by atoms with Crippen LogP contribution < -0.4 is 5.32 Å². The van der Waals surface area contributed by atoms with E-state index in [4.69, 9.17) is 0 Å². The summed E-state index contributed by atoms with van der Waals surface area (Å²) in [6.45, 7) is 5.26. The molecule has 4 unspecified atom stereocenters. The second-order valence-electron chi connectivity index (χ2n) is 5.56. The minimum Gasteiger partial charge on any atom is -0.386 e. The van der Waals surface area contributed by atoms with Gasteiger partial charge in [0, 0.05) is 12.0 Å². The van der Waals surface area contributed by atoms with E-state index < -0.39 is 6.10 Å². The van der Waals surface area contributed by atoms with Gasteiger partial charge in [-0.3, -0.25) is 4.98 Å². The molecule has 0 saturated carbocycles. The Labute approximate surface area is 114 Å². The van der Waals surface area contributed by atoms with Crippen LogP contribution in [0.5, 0.6) is 0 Å². The number of pyridine rings is 1. The SMILES string of the molecule is CCC1CCNC(C(C)C(O)c2ccc(F)cn2)C1. The molecule has 0 radical (unpaired) electrons. The first-order valence-electron chi connectivity index (χ1n) is 7.14. The molecule has 4 atom stereocenters. The van der Waals surface area contributed by atoms with E-state index in [1.54, 1.807) is 6.07 Å². The average molecular weight is 266 g/mol. The van der Waals surface area contributed by atoms with Crippen LogP contribution in [0, 0.1) is 17.7 Å². The predicted octanol–water partition coefficient (Wildman–Crippen LogP) is 2.67. The van der Waals surface area contributed by atoms with Crippen molar-refractivity contribution >= 4 is 0 Å². The third-order valence-corrected chi connectivity index (χ3v) is 4.31. The van der Waals surface area contributed by atoms with Crippen LogP contribution in [0.1, 0.15) is 44.9 Å². The van der Waals surface area contributed by atoms with E-state index >= 15 is 0 Å². The van der Waals surface area contributed by atoms with Gasteiger partial charge in [-0.25, -0.2) is 4.39 Å². The van der Waals surface area contributed by atoms with E-state index in [2.05, 4.69) is 17.2 Å². The first-order chi connectivity index (χ1) is 9.11. The van der Waals surface area contributed by atoms with Crippen LogP contribution in [0.15, 0.2) is 18.3 Å². The molecular weight excluding hydrogens is 243 g/mol. The highest BCUT2D eigenvalue weighted by atomic mass is 19.1. The molecule has 106 valence electrons. The zero-order valence-electron chi connectivity index (χ0n) is 11.6. The van der Waals surface area contributed by atoms with Crippen LogP contribution in [0.2, 0.25) is 0 Å². The van der Waals surface area contributed by atoms with Gasteiger partial charge in [0.1, 0.15) is 5.82 Å². The van der Waals surface area contributed by atoms with Crippen molar-refractivity contribution in [2.75, 3.05) is 6.54 Å². The van der Waals surface area contributed by atoms with Crippen LogP contribution in [-0.2, 0) is 0 Å². The molecule has 1 aromatic rings. The van der Waals surface area contributed by atoms with E-state index in [0.717, 1.165) is 25.1 Å². The molecule has 2 heterocycles. The molecular formula is C15H23FN2O. The number of halogens is 1. The molecule has 0 spiro atoms. The summed E-state index contributed by atoms with van der Waals surface area (Å²) >= 11 is 0. The minimum atomic E-state index is -0.645. The van der Waals surface area contributed by atoms with Gasteiger partial charge in [-0.05, 0) is 37.4 Å². The number of aromatic nitrogens is 1. The summed E-state index contributed by atoms with van der Waals surface area (Å²) in [6.07, 6.45) is 4.01. The first-order valence-corrected chi connectivity index (χ1v) is 7.14. The van der Waals surface area contributed by atoms with Crippen LogP contribution in [-0.4, -0.2) is 22.7 Å². The number of hydrogen-bond acceptors (Lipinski definition) is 3. The third kappa shape index (κ3) is 3.51. The maximum Gasteiger partial charge on any atom is 0.141 e. The standard InChI is InChI=1S/C15H23FN2O/c1-3-11-6-7-17-14(8-11)10(2)15(19)13-5-4-12(16)9-18-13/h4-5,9-11,14-15,17,19H,3,6-8H2,1-2H3. The lowest BCUT2D eigenvalue weighted by Crippen LogP contribution is -2.44. The molecule has 19 heavy (non-hydrogen) atoms. The number of rotatable bonds is 4. The topological polar surface area (TPSA) is 45.1 Å². The summed E-state index contributed by atoms with van der Waals surface area (Å²) in [5, 5.41) is 13.8. The van der Waals surface area contributed by atoms with Crippen molar-refractivity contribution < 1.29 is 9.50 Å². The quantitative estimate of drug-likeness (QED) is 0.880. The highest BCUT2D eigenvalue weighted by Gasteiger charge is 2.30. The lowest BCUT2D eigenvalue weighted by Gasteiger charge is -2.35. The summed E-state index contributed by atoms with van der Waals surface area (Å²) in [5.74, 6) is 0.444. The summed E-state index contributed by atoms with van der Waals surface area (Å²) in [7, 11) is 0. The normalized spacial score (nSPS) is 26.9. The number of nitrogens with one attached hydrogen (secondary N) is 1. The number of hydrogen-bond donors (Lipinski definition) is 2. The summed E-state index contributed by atoms with van der Waals surface area (Å²) in [5.41, 5.74) is 0.550. The van der Waals surface area contributed by atoms with Gasteiger partial charge in [-0.15, -0.1) is 0 Å². The van der Waals surface area contributed by atoms with Crippen LogP contribution in [0.25, 0.3) is 0 Å². The molecule has 1 aliphatic rings. The lowest BCUT2D eigenvalue weighted by molar-refractivity contribution is 0.0745. The first kappa shape index (κ1) is 14.4. The fourth-order valence-electron chi connectivity index (χ4n) is 2.86. The van der Waals surface area contributed by atoms with Gasteiger partial charge in [-0.1, -0.05) is 20.3 Å². The smallest absolute Gasteiger partial charge is 0.141 e. The van der Waals surface area contributed by atoms with Gasteiger partial charge < -0.3 is 10.4 Å². The van der Waals surface area contributed by atoms with Gasteiger partial charge in [-0.2, -0.15) is 0 Å². The Kier molecular flexibility index (Phi) is 4.88. The molecule has 0 amide bonds. The number of aliphatic hydroxyl groups is 1. The number of nitrogens with zero attached hydrogens (tertiary/aromatic N) is 1. The summed E-state index contributed by atoms with van der Waals surface area (Å²) in [6, 6.07) is 3.22. The molecule has 3 nitrogen and oxygen atoms in total. The zero-order valence-corrected chi connectivity index (χ0v) is 11.6. The Morgan fingerprint density at radius 3 is 2.95 bits per heavy atom. The van der Waals surface area contributed by atoms with E-state index in [-0.39, 0.29) is 11.7 Å². The van der Waals surface area contributed by atoms with Gasteiger partial charge in [0.2, 0.25) is 0 Å². The molecule has 0 aromatic carbocycles. The molecule has 2 rings (SSSR count). The van der Waals surface area contributed by atoms with Crippen molar-refractivity contribution in [2.45, 2.75) is 45.3 Å². The third-order valence-electron chi connectivity index (χ3n) is 4.31. The maximum absolute atomic E-state index is 12.8. The van der Waals surface area contributed by atoms with Crippen LogP contribution in [0.4, 0.5) is 4.39 Å². The summed E-state index contributed by atoms with van der Waals surface area (Å²) < 4.78 is 12.8. The highest BCUT2D eigenvalue weighted by Crippen LogP contribution is 2.30. The zero-order chi connectivity index (χ0) is 13.8. The Balaban J connectivity index is 2.01. The molecule has 1 aliphatic heterocycles. The van der Waals surface area contributed by atoms with Crippen molar-refractivity contribution in [1.82, 2.24) is 10.3 Å². The van der Waals surface area contributed by atoms with Crippen LogP contribution >= 0.6 is 0 Å². The molecule has 0 bridgehead atoms. The van der Waals surface area contributed by atoms with E-state index in [1.165, 1.54) is 18.9 Å². The van der Waals surface area contributed by atoms with Crippen LogP contribution in [0.3, 0.4) is 0 Å². The van der Waals surface area contributed by atoms with Gasteiger partial charge in [0.25, 0.3) is 0 Å². The maximum atomic E-state index is 12.8. The molecule has 2 N–H and O–H groups in total. The molecule has 4 heteroatoms. The molecule has 1 fully saturated rings. The van der Waals surface area contributed by atoms with Crippen molar-refractivity contribution in [2.24, 2.45) is 11.8 Å². The lowest BCUT2D eigenvalue weighted by atomic mass is 9.82. The Bertz CT molecular complexity index is 396. The minimum absolute atomic E-state index is 0.0762. The molecule has 1 aromatic heterocycles. The Hall–Kier alpha value is -1.00.